The third-order valence-electron chi connectivity index (χ3n) is 7.41. The van der Waals surface area contributed by atoms with E-state index < -0.39 is 12.0 Å². The summed E-state index contributed by atoms with van der Waals surface area (Å²) in [6.45, 7) is 1.87. The fourth-order valence-corrected chi connectivity index (χ4v) is 5.16. The van der Waals surface area contributed by atoms with Gasteiger partial charge < -0.3 is 18.9 Å². The fourth-order valence-electron chi connectivity index (χ4n) is 4.92. The Bertz CT molecular complexity index is 1500. The van der Waals surface area contributed by atoms with Crippen molar-refractivity contribution in [2.75, 3.05) is 21.3 Å². The lowest BCUT2D eigenvalue weighted by molar-refractivity contribution is -0.151. The molecule has 202 valence electrons. The fraction of sp³-hybridized carbons (Fsp3) is 0.312. The lowest BCUT2D eigenvalue weighted by Gasteiger charge is -2.23. The Morgan fingerprint density at radius 1 is 0.897 bits per heavy atom. The van der Waals surface area contributed by atoms with Crippen molar-refractivity contribution >= 4 is 28.3 Å². The largest absolute Gasteiger partial charge is 0.497 e. The molecular formula is C32H32ClNO5. The summed E-state index contributed by atoms with van der Waals surface area (Å²) < 4.78 is 22.6. The number of fused-ring (bicyclic) bond motifs is 1. The van der Waals surface area contributed by atoms with Crippen molar-refractivity contribution in [2.24, 2.45) is 0 Å². The van der Waals surface area contributed by atoms with Crippen molar-refractivity contribution in [1.82, 2.24) is 4.98 Å². The Kier molecular flexibility index (Phi) is 7.94. The molecule has 1 aliphatic carbocycles. The van der Waals surface area contributed by atoms with E-state index in [0.717, 1.165) is 51.6 Å². The lowest BCUT2D eigenvalue weighted by Crippen LogP contribution is -2.19. The van der Waals surface area contributed by atoms with Gasteiger partial charge in [-0.1, -0.05) is 41.9 Å². The summed E-state index contributed by atoms with van der Waals surface area (Å²) in [5, 5.41) is 2.66. The molecule has 0 aliphatic heterocycles. The first kappa shape index (κ1) is 26.8. The quantitative estimate of drug-likeness (QED) is 0.193. The number of halogens is 1. The minimum Gasteiger partial charge on any atom is -0.497 e. The van der Waals surface area contributed by atoms with Gasteiger partial charge in [-0.25, -0.2) is 0 Å². The number of hydrogen-bond acceptors (Lipinski definition) is 6. The maximum Gasteiger partial charge on any atom is 0.313 e. The highest BCUT2D eigenvalue weighted by atomic mass is 35.5. The highest BCUT2D eigenvalue weighted by Gasteiger charge is 2.30. The molecule has 39 heavy (non-hydrogen) atoms. The highest BCUT2D eigenvalue weighted by molar-refractivity contribution is 6.31. The third kappa shape index (κ3) is 5.81. The smallest absolute Gasteiger partial charge is 0.313 e. The second kappa shape index (κ2) is 11.5. The molecule has 5 rings (SSSR count). The van der Waals surface area contributed by atoms with Crippen LogP contribution >= 0.6 is 11.6 Å². The number of esters is 1. The average Bonchev–Trinajstić information content (AvgIpc) is 3.81. The minimum absolute atomic E-state index is 0.319. The molecule has 1 aliphatic rings. The first-order chi connectivity index (χ1) is 18.9. The molecule has 6 nitrogen and oxygen atoms in total. The van der Waals surface area contributed by atoms with E-state index in [1.165, 1.54) is 0 Å². The van der Waals surface area contributed by atoms with Crippen LogP contribution in [-0.2, 0) is 16.0 Å². The van der Waals surface area contributed by atoms with E-state index in [0.29, 0.717) is 28.9 Å². The summed E-state index contributed by atoms with van der Waals surface area (Å²) in [6.07, 6.45) is 5.61. The number of pyridine rings is 1. The molecule has 1 fully saturated rings. The molecular weight excluding hydrogens is 514 g/mol. The Morgan fingerprint density at radius 2 is 1.62 bits per heavy atom. The van der Waals surface area contributed by atoms with E-state index in [-0.39, 0.29) is 5.97 Å². The lowest BCUT2D eigenvalue weighted by atomic mass is 9.95. The van der Waals surface area contributed by atoms with Gasteiger partial charge in [-0.2, -0.15) is 0 Å². The molecule has 0 spiro atoms. The number of methoxy groups -OCH3 is 3. The zero-order valence-electron chi connectivity index (χ0n) is 22.6. The molecule has 2 unspecified atom stereocenters. The van der Waals surface area contributed by atoms with Crippen LogP contribution in [0.4, 0.5) is 0 Å². The number of benzene rings is 3. The molecule has 0 amide bonds. The average molecular weight is 546 g/mol. The molecule has 2 atom stereocenters. The van der Waals surface area contributed by atoms with E-state index in [1.54, 1.807) is 27.5 Å². The summed E-state index contributed by atoms with van der Waals surface area (Å²) in [5.74, 6) is 1.62. The van der Waals surface area contributed by atoms with E-state index in [1.807, 2.05) is 67.7 Å². The molecule has 3 aromatic carbocycles. The van der Waals surface area contributed by atoms with Gasteiger partial charge in [0.05, 0.1) is 32.3 Å². The van der Waals surface area contributed by atoms with Gasteiger partial charge >= 0.3 is 5.97 Å². The zero-order chi connectivity index (χ0) is 27.5. The van der Waals surface area contributed by atoms with Crippen molar-refractivity contribution in [3.8, 4) is 17.2 Å². The number of ether oxygens (including phenoxy) is 4. The van der Waals surface area contributed by atoms with Crippen molar-refractivity contribution in [2.45, 2.75) is 44.1 Å². The van der Waals surface area contributed by atoms with Gasteiger partial charge in [0.15, 0.2) is 11.5 Å². The maximum absolute atomic E-state index is 13.6. The molecule has 1 saturated carbocycles. The molecule has 0 saturated heterocycles. The highest BCUT2D eigenvalue weighted by Crippen LogP contribution is 2.44. The van der Waals surface area contributed by atoms with Crippen LogP contribution in [-0.4, -0.2) is 32.3 Å². The summed E-state index contributed by atoms with van der Waals surface area (Å²) in [7, 11) is 4.83. The van der Waals surface area contributed by atoms with Crippen molar-refractivity contribution in [3.05, 3.63) is 94.3 Å². The van der Waals surface area contributed by atoms with Crippen LogP contribution < -0.4 is 14.2 Å². The number of rotatable bonds is 10. The molecule has 0 radical (unpaired) electrons. The van der Waals surface area contributed by atoms with Gasteiger partial charge in [-0.3, -0.25) is 9.78 Å². The SMILES string of the molecule is COc1ccc2cc(C(C)C(=O)OC(Cc3c(Cl)cncc3C3CC3)c3ccc(OC)c(OC)c3)ccc2c1. The first-order valence-electron chi connectivity index (χ1n) is 13.0. The van der Waals surface area contributed by atoms with Gasteiger partial charge in [0, 0.05) is 18.8 Å². The Hall–Kier alpha value is -3.77. The predicted molar refractivity (Wildman–Crippen MR) is 152 cm³/mol. The van der Waals surface area contributed by atoms with Crippen LogP contribution in [0.3, 0.4) is 0 Å². The van der Waals surface area contributed by atoms with Gasteiger partial charge in [0.1, 0.15) is 11.9 Å². The summed E-state index contributed by atoms with van der Waals surface area (Å²) in [4.78, 5) is 17.9. The maximum atomic E-state index is 13.6. The topological polar surface area (TPSA) is 66.9 Å². The number of hydrogen-bond donors (Lipinski definition) is 0. The Balaban J connectivity index is 1.46. The summed E-state index contributed by atoms with van der Waals surface area (Å²) >= 11 is 6.65. The Morgan fingerprint density at radius 3 is 2.33 bits per heavy atom. The standard InChI is InChI=1S/C32H32ClNO5/c1-19(21-7-8-23-14-25(36-2)11-9-22(23)13-21)32(35)39-30(24-10-12-29(37-3)31(15-24)38-4)16-26-27(20-5-6-20)17-34-18-28(26)33/h7-15,17-20,30H,5-6,16H2,1-4H3. The Labute approximate surface area is 233 Å². The monoisotopic (exact) mass is 545 g/mol. The van der Waals surface area contributed by atoms with Crippen LogP contribution in [0.2, 0.25) is 5.02 Å². The number of carbonyl (C=O) groups excluding carboxylic acids is 1. The molecule has 0 N–H and O–H groups in total. The normalized spacial score (nSPS) is 14.5. The zero-order valence-corrected chi connectivity index (χ0v) is 23.3. The molecule has 7 heteroatoms. The number of nitrogens with zero attached hydrogens (tertiary/aromatic N) is 1. The van der Waals surface area contributed by atoms with Crippen LogP contribution in [0.5, 0.6) is 17.2 Å². The first-order valence-corrected chi connectivity index (χ1v) is 13.4. The van der Waals surface area contributed by atoms with Gasteiger partial charge in [0.2, 0.25) is 0 Å². The van der Waals surface area contributed by atoms with E-state index in [2.05, 4.69) is 4.98 Å². The number of carbonyl (C=O) groups is 1. The van der Waals surface area contributed by atoms with Gasteiger partial charge in [-0.05, 0) is 83.0 Å². The van der Waals surface area contributed by atoms with Gasteiger partial charge in [0.25, 0.3) is 0 Å². The summed E-state index contributed by atoms with van der Waals surface area (Å²) in [6, 6.07) is 17.5. The van der Waals surface area contributed by atoms with Crippen molar-refractivity contribution in [3.63, 3.8) is 0 Å². The minimum atomic E-state index is -0.582. The van der Waals surface area contributed by atoms with E-state index in [4.69, 9.17) is 30.5 Å². The van der Waals surface area contributed by atoms with Crippen molar-refractivity contribution in [1.29, 1.82) is 0 Å². The van der Waals surface area contributed by atoms with Crippen LogP contribution in [0.1, 0.15) is 60.0 Å². The summed E-state index contributed by atoms with van der Waals surface area (Å²) in [5.41, 5.74) is 3.77. The van der Waals surface area contributed by atoms with E-state index >= 15 is 0 Å². The van der Waals surface area contributed by atoms with Crippen LogP contribution in [0, 0.1) is 0 Å². The molecule has 0 bridgehead atoms. The second-order valence-corrected chi connectivity index (χ2v) is 10.3. The van der Waals surface area contributed by atoms with Crippen molar-refractivity contribution < 1.29 is 23.7 Å². The predicted octanol–water partition coefficient (Wildman–Crippen LogP) is 7.42. The second-order valence-electron chi connectivity index (χ2n) is 9.90. The molecule has 1 aromatic heterocycles. The van der Waals surface area contributed by atoms with Crippen LogP contribution in [0.15, 0.2) is 67.0 Å². The van der Waals surface area contributed by atoms with Crippen LogP contribution in [0.25, 0.3) is 10.8 Å². The third-order valence-corrected chi connectivity index (χ3v) is 7.73. The van der Waals surface area contributed by atoms with Gasteiger partial charge in [-0.15, -0.1) is 0 Å². The molecule has 1 heterocycles. The van der Waals surface area contributed by atoms with E-state index in [9.17, 15) is 4.79 Å². The number of aromatic nitrogens is 1. The molecule has 4 aromatic rings.